The molecule has 0 aliphatic heterocycles. The summed E-state index contributed by atoms with van der Waals surface area (Å²) in [6.07, 6.45) is 2.09. The number of amides is 3. The van der Waals surface area contributed by atoms with Crippen molar-refractivity contribution in [2.24, 2.45) is 0 Å². The number of carbonyl (C=O) groups is 2. The minimum Gasteiger partial charge on any atom is -0.349 e. The molecule has 1 fully saturated rings. The number of anilines is 1. The minimum atomic E-state index is -0.198. The number of hydrogen-bond donors (Lipinski definition) is 2. The van der Waals surface area contributed by atoms with Gasteiger partial charge in [0.1, 0.15) is 0 Å². The van der Waals surface area contributed by atoms with Gasteiger partial charge < -0.3 is 15.5 Å². The highest BCUT2D eigenvalue weighted by Gasteiger charge is 2.24. The van der Waals surface area contributed by atoms with Gasteiger partial charge in [-0.05, 0) is 55.5 Å². The van der Waals surface area contributed by atoms with Crippen LogP contribution in [0.3, 0.4) is 0 Å². The van der Waals surface area contributed by atoms with E-state index in [1.54, 1.807) is 24.1 Å². The summed E-state index contributed by atoms with van der Waals surface area (Å²) in [6.45, 7) is 4.48. The predicted molar refractivity (Wildman–Crippen MR) is 103 cm³/mol. The zero-order chi connectivity index (χ0) is 18.7. The zero-order valence-electron chi connectivity index (χ0n) is 15.5. The fraction of sp³-hybridized carbons (Fsp3) is 0.333. The molecule has 2 aromatic carbocycles. The standard InChI is InChI=1S/C21H25N3O2/c1-14-6-4-5-7-17(14)13-24(3)21(26)23-19-12-16(9-8-15(19)2)20(25)22-18-10-11-18/h4-9,12,18H,10-11,13H2,1-3H3,(H,22,25)(H,23,26). The van der Waals surface area contributed by atoms with Crippen molar-refractivity contribution in [1.82, 2.24) is 10.2 Å². The topological polar surface area (TPSA) is 61.4 Å². The molecule has 26 heavy (non-hydrogen) atoms. The highest BCUT2D eigenvalue weighted by Crippen LogP contribution is 2.21. The van der Waals surface area contributed by atoms with Gasteiger partial charge in [0.05, 0.1) is 0 Å². The monoisotopic (exact) mass is 351 g/mol. The first-order chi connectivity index (χ1) is 12.4. The van der Waals surface area contributed by atoms with Crippen LogP contribution in [0.25, 0.3) is 0 Å². The normalized spacial score (nSPS) is 13.2. The maximum atomic E-state index is 12.6. The Hall–Kier alpha value is -2.82. The Balaban J connectivity index is 1.67. The second kappa shape index (κ2) is 7.60. The van der Waals surface area contributed by atoms with E-state index >= 15 is 0 Å². The maximum Gasteiger partial charge on any atom is 0.321 e. The third-order valence-electron chi connectivity index (χ3n) is 4.67. The zero-order valence-corrected chi connectivity index (χ0v) is 15.5. The van der Waals surface area contributed by atoms with E-state index in [2.05, 4.69) is 10.6 Å². The van der Waals surface area contributed by atoms with Gasteiger partial charge in [-0.3, -0.25) is 4.79 Å². The number of urea groups is 1. The van der Waals surface area contributed by atoms with E-state index in [-0.39, 0.29) is 11.9 Å². The molecule has 0 aromatic heterocycles. The molecule has 0 atom stereocenters. The van der Waals surface area contributed by atoms with Crippen molar-refractivity contribution in [3.63, 3.8) is 0 Å². The summed E-state index contributed by atoms with van der Waals surface area (Å²) in [7, 11) is 1.76. The van der Waals surface area contributed by atoms with Crippen molar-refractivity contribution < 1.29 is 9.59 Å². The number of aryl methyl sites for hydroxylation is 2. The van der Waals surface area contributed by atoms with Crippen molar-refractivity contribution >= 4 is 17.6 Å². The molecule has 0 saturated heterocycles. The number of nitrogens with one attached hydrogen (secondary N) is 2. The minimum absolute atomic E-state index is 0.0868. The quantitative estimate of drug-likeness (QED) is 0.859. The van der Waals surface area contributed by atoms with E-state index in [1.165, 1.54) is 0 Å². The first kappa shape index (κ1) is 18.0. The average molecular weight is 351 g/mol. The van der Waals surface area contributed by atoms with Gasteiger partial charge in [0.25, 0.3) is 5.91 Å². The largest absolute Gasteiger partial charge is 0.349 e. The van der Waals surface area contributed by atoms with Crippen LogP contribution in [0.5, 0.6) is 0 Å². The predicted octanol–water partition coefficient (Wildman–Crippen LogP) is 3.86. The summed E-state index contributed by atoms with van der Waals surface area (Å²) in [5.41, 5.74) is 4.42. The number of rotatable bonds is 5. The van der Waals surface area contributed by atoms with Gasteiger partial charge in [-0.25, -0.2) is 4.79 Å². The van der Waals surface area contributed by atoms with E-state index in [0.29, 0.717) is 23.8 Å². The molecule has 1 aliphatic carbocycles. The highest BCUT2D eigenvalue weighted by molar-refractivity contribution is 5.97. The lowest BCUT2D eigenvalue weighted by molar-refractivity contribution is 0.0951. The van der Waals surface area contributed by atoms with Crippen LogP contribution in [0.4, 0.5) is 10.5 Å². The van der Waals surface area contributed by atoms with Crippen molar-refractivity contribution in [2.45, 2.75) is 39.3 Å². The number of hydrogen-bond acceptors (Lipinski definition) is 2. The van der Waals surface area contributed by atoms with Crippen LogP contribution in [0.1, 0.15) is 39.9 Å². The van der Waals surface area contributed by atoms with Gasteiger partial charge in [-0.1, -0.05) is 30.3 Å². The highest BCUT2D eigenvalue weighted by atomic mass is 16.2. The summed E-state index contributed by atoms with van der Waals surface area (Å²) in [6, 6.07) is 13.5. The van der Waals surface area contributed by atoms with Crippen LogP contribution >= 0.6 is 0 Å². The van der Waals surface area contributed by atoms with E-state index in [1.807, 2.05) is 44.2 Å². The molecule has 2 aromatic rings. The van der Waals surface area contributed by atoms with Crippen LogP contribution in [0.2, 0.25) is 0 Å². The molecule has 3 amide bonds. The number of carbonyl (C=O) groups excluding carboxylic acids is 2. The maximum absolute atomic E-state index is 12.6. The Morgan fingerprint density at radius 3 is 2.50 bits per heavy atom. The van der Waals surface area contributed by atoms with Crippen molar-refractivity contribution in [2.75, 3.05) is 12.4 Å². The van der Waals surface area contributed by atoms with Crippen LogP contribution in [-0.2, 0) is 6.54 Å². The third kappa shape index (κ3) is 4.42. The second-order valence-corrected chi connectivity index (χ2v) is 6.99. The Labute approximate surface area is 154 Å². The van der Waals surface area contributed by atoms with Crippen LogP contribution in [0.15, 0.2) is 42.5 Å². The first-order valence-electron chi connectivity index (χ1n) is 8.92. The van der Waals surface area contributed by atoms with Crippen LogP contribution in [0, 0.1) is 13.8 Å². The second-order valence-electron chi connectivity index (χ2n) is 6.99. The van der Waals surface area contributed by atoms with Crippen molar-refractivity contribution in [1.29, 1.82) is 0 Å². The Bertz CT molecular complexity index is 828. The summed E-state index contributed by atoms with van der Waals surface area (Å²) >= 11 is 0. The number of benzene rings is 2. The lowest BCUT2D eigenvalue weighted by Crippen LogP contribution is -2.31. The fourth-order valence-electron chi connectivity index (χ4n) is 2.72. The smallest absolute Gasteiger partial charge is 0.321 e. The molecule has 0 radical (unpaired) electrons. The SMILES string of the molecule is Cc1ccccc1CN(C)C(=O)Nc1cc(C(=O)NC2CC2)ccc1C. The van der Waals surface area contributed by atoms with Gasteiger partial charge in [0, 0.05) is 30.9 Å². The molecular formula is C21H25N3O2. The molecule has 1 saturated carbocycles. The van der Waals surface area contributed by atoms with E-state index < -0.39 is 0 Å². The molecule has 1 aliphatic rings. The van der Waals surface area contributed by atoms with E-state index in [4.69, 9.17) is 0 Å². The molecule has 2 N–H and O–H groups in total. The molecule has 0 unspecified atom stereocenters. The average Bonchev–Trinajstić information content (AvgIpc) is 3.42. The lowest BCUT2D eigenvalue weighted by atomic mass is 10.1. The Morgan fingerprint density at radius 1 is 1.08 bits per heavy atom. The molecule has 0 bridgehead atoms. The molecule has 0 spiro atoms. The van der Waals surface area contributed by atoms with Gasteiger partial charge in [-0.15, -0.1) is 0 Å². The van der Waals surface area contributed by atoms with Crippen molar-refractivity contribution in [3.8, 4) is 0 Å². The fourth-order valence-corrected chi connectivity index (χ4v) is 2.72. The van der Waals surface area contributed by atoms with Crippen LogP contribution in [-0.4, -0.2) is 29.9 Å². The Morgan fingerprint density at radius 2 is 1.81 bits per heavy atom. The Kier molecular flexibility index (Phi) is 5.26. The third-order valence-corrected chi connectivity index (χ3v) is 4.67. The molecule has 5 nitrogen and oxygen atoms in total. The van der Waals surface area contributed by atoms with Gasteiger partial charge in [0.2, 0.25) is 0 Å². The number of nitrogens with zero attached hydrogens (tertiary/aromatic N) is 1. The van der Waals surface area contributed by atoms with Crippen LogP contribution < -0.4 is 10.6 Å². The first-order valence-corrected chi connectivity index (χ1v) is 8.92. The lowest BCUT2D eigenvalue weighted by Gasteiger charge is -2.20. The van der Waals surface area contributed by atoms with E-state index in [0.717, 1.165) is 29.5 Å². The van der Waals surface area contributed by atoms with Crippen molar-refractivity contribution in [3.05, 3.63) is 64.7 Å². The van der Waals surface area contributed by atoms with Gasteiger partial charge in [-0.2, -0.15) is 0 Å². The molecular weight excluding hydrogens is 326 g/mol. The van der Waals surface area contributed by atoms with E-state index in [9.17, 15) is 9.59 Å². The molecule has 0 heterocycles. The van der Waals surface area contributed by atoms with Gasteiger partial charge in [0.15, 0.2) is 0 Å². The summed E-state index contributed by atoms with van der Waals surface area (Å²) in [5.74, 6) is -0.0868. The molecule has 3 rings (SSSR count). The molecule has 5 heteroatoms. The summed E-state index contributed by atoms with van der Waals surface area (Å²) in [4.78, 5) is 26.4. The molecule has 136 valence electrons. The van der Waals surface area contributed by atoms with Gasteiger partial charge >= 0.3 is 6.03 Å². The summed E-state index contributed by atoms with van der Waals surface area (Å²) < 4.78 is 0. The summed E-state index contributed by atoms with van der Waals surface area (Å²) in [5, 5.41) is 5.89.